The average molecular weight is 1050 g/mol. The van der Waals surface area contributed by atoms with E-state index in [1.54, 1.807) is 57.8 Å². The monoisotopic (exact) mass is 1050 g/mol. The van der Waals surface area contributed by atoms with Gasteiger partial charge in [-0.3, -0.25) is 19.5 Å². The van der Waals surface area contributed by atoms with E-state index in [1.807, 2.05) is 83.7 Å². The van der Waals surface area contributed by atoms with Crippen LogP contribution in [0.15, 0.2) is 71.2 Å². The zero-order chi connectivity index (χ0) is 48.5. The fourth-order valence-corrected chi connectivity index (χ4v) is 6.59. The first kappa shape index (κ1) is 64.7. The number of pyridine rings is 1. The molecule has 0 spiro atoms. The van der Waals surface area contributed by atoms with Crippen LogP contribution in [0.5, 0.6) is 0 Å². The van der Waals surface area contributed by atoms with Crippen molar-refractivity contribution in [2.75, 3.05) is 44.5 Å². The average Bonchev–Trinajstić information content (AvgIpc) is 3.82. The summed E-state index contributed by atoms with van der Waals surface area (Å²) in [6, 6.07) is 16.6. The molecule has 1 radical (unpaired) electrons. The summed E-state index contributed by atoms with van der Waals surface area (Å²) >= 11 is 4.43. The van der Waals surface area contributed by atoms with Crippen molar-refractivity contribution in [1.82, 2.24) is 20.4 Å². The number of benzene rings is 2. The molecule has 4 aromatic rings. The van der Waals surface area contributed by atoms with Gasteiger partial charge in [0.1, 0.15) is 24.1 Å². The number of nitrogens with zero attached hydrogens (tertiary/aromatic N) is 7. The molecule has 1 saturated heterocycles. The van der Waals surface area contributed by atoms with Crippen molar-refractivity contribution >= 4 is 51.3 Å². The number of amides is 1. The number of likely N-dealkylation sites (N-methyl/N-ethyl adjacent to an activating group) is 1. The molecule has 353 valence electrons. The quantitative estimate of drug-likeness (QED) is 0.0412. The maximum absolute atomic E-state index is 14.9. The molecule has 4 atom stereocenters. The number of hydrogen-bond donors (Lipinski definition) is 2. The third-order valence-electron chi connectivity index (χ3n) is 8.67. The number of anilines is 1. The van der Waals surface area contributed by atoms with Crippen LogP contribution in [0.2, 0.25) is 0 Å². The molecule has 2 N–H and O–H groups in total. The van der Waals surface area contributed by atoms with Crippen LogP contribution in [0.3, 0.4) is 0 Å². The van der Waals surface area contributed by atoms with Crippen LogP contribution in [0.4, 0.5) is 14.6 Å². The summed E-state index contributed by atoms with van der Waals surface area (Å²) in [6.07, 6.45) is 5.26. The Balaban J connectivity index is -0.00000105. The molecule has 5 rings (SSSR count). The van der Waals surface area contributed by atoms with Crippen LogP contribution < -0.4 is 10.3 Å². The van der Waals surface area contributed by atoms with Crippen molar-refractivity contribution in [3.63, 3.8) is 0 Å². The van der Waals surface area contributed by atoms with Gasteiger partial charge in [0.2, 0.25) is 5.91 Å². The van der Waals surface area contributed by atoms with E-state index >= 15 is 0 Å². The molecule has 0 aliphatic carbocycles. The largest absolute Gasteiger partial charge is 0.656 e. The zero-order valence-corrected chi connectivity index (χ0v) is 45.5. The summed E-state index contributed by atoms with van der Waals surface area (Å²) in [4.78, 5) is 37.4. The Bertz CT molecular complexity index is 1940. The van der Waals surface area contributed by atoms with Crippen LogP contribution in [-0.2, 0) is 59.2 Å². The van der Waals surface area contributed by atoms with Crippen molar-refractivity contribution in [2.45, 2.75) is 113 Å². The standard InChI is InChI=1S/C26H27F2N5S.C12H16N3O3.C2H6O.3C2H6.CH3Br.Y/c1-4-5-17(2)30-16-31-33-15-26(33,22-12-21(27)10-11-23(22)28)18(3)25-32-24(14-34-25)20-8-6-19(13-29)7-9-20;1-9(16)15(3)12-10(5-4-6-14-12)8-18-11(17)7-13-2;1-2-3;4*1-2;/h6-12,14,16-18H,4-5,15H2,1-3H3,(H,30,31);4-6H,7-8H2,1-3H3;3H,2H2,1H3;3*1-2H3;1H3;/q;-1;;;;;;/t17?,18?,26-,33?;;;;;;;/m0......./s1. The number of hydrogen-bond acceptors (Lipinski definition) is 10. The number of aliphatic hydroxyl groups is 1. The predicted octanol–water partition coefficient (Wildman–Crippen LogP) is 11.2. The van der Waals surface area contributed by atoms with Crippen LogP contribution >= 0.6 is 27.3 Å². The van der Waals surface area contributed by atoms with E-state index in [4.69, 9.17) is 20.1 Å². The maximum Gasteiger partial charge on any atom is 0.285 e. The molecule has 2 aromatic heterocycles. The van der Waals surface area contributed by atoms with E-state index in [2.05, 4.69) is 49.6 Å². The second-order valence-electron chi connectivity index (χ2n) is 12.7. The Morgan fingerprint density at radius 1 is 1.11 bits per heavy atom. The van der Waals surface area contributed by atoms with Gasteiger partial charge in [0.25, 0.3) is 5.97 Å². The summed E-state index contributed by atoms with van der Waals surface area (Å²) in [7, 11) is 3.16. The number of esters is 1. The number of carbonyl (C=O) groups excluding carboxylic acids is 2. The van der Waals surface area contributed by atoms with Crippen molar-refractivity contribution in [1.29, 1.82) is 5.26 Å². The minimum absolute atomic E-state index is 0. The van der Waals surface area contributed by atoms with E-state index in [0.717, 1.165) is 35.2 Å². The van der Waals surface area contributed by atoms with Gasteiger partial charge in [0.05, 0.1) is 34.2 Å². The van der Waals surface area contributed by atoms with E-state index in [1.165, 1.54) is 35.3 Å². The number of aromatic nitrogens is 2. The molecule has 3 heterocycles. The Kier molecular flexibility index (Phi) is 38.1. The molecule has 12 nitrogen and oxygen atoms in total. The first-order chi connectivity index (χ1) is 30.4. The van der Waals surface area contributed by atoms with Crippen LogP contribution in [0.1, 0.15) is 117 Å². The van der Waals surface area contributed by atoms with Gasteiger partial charge in [-0.2, -0.15) is 12.3 Å². The summed E-state index contributed by atoms with van der Waals surface area (Å²) in [5, 5.41) is 24.9. The molecule has 3 unspecified atom stereocenters. The first-order valence-corrected chi connectivity index (χ1v) is 23.7. The number of aliphatic imine (C=N–C) groups is 1. The minimum atomic E-state index is -0.786. The zero-order valence-electron chi connectivity index (χ0n) is 40.2. The van der Waals surface area contributed by atoms with E-state index in [0.29, 0.717) is 29.1 Å². The summed E-state index contributed by atoms with van der Waals surface area (Å²) in [6.45, 7) is 22.1. The van der Waals surface area contributed by atoms with Gasteiger partial charge in [-0.25, -0.2) is 23.8 Å². The fraction of sp³-hybridized carbons (Fsp3) is 0.489. The number of rotatable bonds is 14. The van der Waals surface area contributed by atoms with Gasteiger partial charge >= 0.3 is 0 Å². The third kappa shape index (κ3) is 21.2. The minimum Gasteiger partial charge on any atom is -0.656 e. The summed E-state index contributed by atoms with van der Waals surface area (Å²) in [5.74, 6) is 0.631. The molecule has 1 amide bonds. The molecular formula is C47H70BrF2N8O4SY-. The third-order valence-corrected chi connectivity index (χ3v) is 9.70. The van der Waals surface area contributed by atoms with Crippen LogP contribution in [-0.4, -0.2) is 84.0 Å². The predicted molar refractivity (Wildman–Crippen MR) is 260 cm³/mol. The number of thiazole rings is 1. The van der Waals surface area contributed by atoms with E-state index in [-0.39, 0.29) is 70.3 Å². The van der Waals surface area contributed by atoms with Crippen LogP contribution in [0.25, 0.3) is 16.6 Å². The Labute approximate surface area is 419 Å². The van der Waals surface area contributed by atoms with Gasteiger partial charge in [-0.1, -0.05) is 95.9 Å². The smallest absolute Gasteiger partial charge is 0.285 e. The number of ether oxygens (including phenoxy) is 1. The van der Waals surface area contributed by atoms with Gasteiger partial charge in [-0.05, 0) is 69.0 Å². The van der Waals surface area contributed by atoms with Gasteiger partial charge in [0, 0.05) is 100 Å². The summed E-state index contributed by atoms with van der Waals surface area (Å²) in [5.41, 5.74) is 5.66. The number of nitrogens with one attached hydrogen (secondary N) is 1. The van der Waals surface area contributed by atoms with Gasteiger partial charge in [-0.15, -0.1) is 11.3 Å². The molecule has 0 saturated carbocycles. The van der Waals surface area contributed by atoms with Gasteiger partial charge < -0.3 is 20.6 Å². The number of aliphatic hydroxyl groups excluding tert-OH is 1. The van der Waals surface area contributed by atoms with Crippen molar-refractivity contribution in [2.24, 2.45) is 4.99 Å². The number of hydrazine groups is 1. The Morgan fingerprint density at radius 2 is 1.72 bits per heavy atom. The van der Waals surface area contributed by atoms with Crippen molar-refractivity contribution in [3.05, 3.63) is 105 Å². The second-order valence-corrected chi connectivity index (χ2v) is 13.6. The number of alkyl halides is 1. The molecule has 1 aliphatic rings. The second kappa shape index (κ2) is 37.6. The fourth-order valence-electron chi connectivity index (χ4n) is 5.62. The molecule has 0 bridgehead atoms. The normalized spacial score (nSPS) is 14.7. The Morgan fingerprint density at radius 3 is 2.27 bits per heavy atom. The number of nitriles is 1. The summed E-state index contributed by atoms with van der Waals surface area (Å²) < 4.78 is 34.1. The number of halogens is 3. The van der Waals surface area contributed by atoms with E-state index < -0.39 is 23.1 Å². The molecule has 64 heavy (non-hydrogen) atoms. The molecule has 1 aliphatic heterocycles. The van der Waals surface area contributed by atoms with Gasteiger partial charge in [0.15, 0.2) is 0 Å². The van der Waals surface area contributed by atoms with Crippen LogP contribution in [0, 0.1) is 23.0 Å². The molecule has 1 fully saturated rings. The SMILES string of the molecule is CBr.CC.CC.CC.CCCC(C)N=CNN1C[C@@]1(c1cc(F)ccc1F)C(C)c1nc(-c2ccc(C#N)cc2)cs1.CCO.C[N-]CC(=O)OCc1cccnc1N(C)C(C)=O.[Y]. The molecule has 17 heteroatoms. The van der Waals surface area contributed by atoms with E-state index in [9.17, 15) is 18.4 Å². The van der Waals surface area contributed by atoms with Crippen molar-refractivity contribution < 1.29 is 60.9 Å². The topological polar surface area (TPSA) is 158 Å². The molecular weight excluding hydrogens is 979 g/mol. The Hall–Kier alpha value is -3.56. The first-order valence-electron chi connectivity index (χ1n) is 21.2. The number of carbonyl (C=O) groups is 2. The molecule has 2 aromatic carbocycles. The van der Waals surface area contributed by atoms with Crippen molar-refractivity contribution in [3.8, 4) is 17.3 Å². The maximum atomic E-state index is 14.9.